The van der Waals surface area contributed by atoms with Gasteiger partial charge in [0.2, 0.25) is 0 Å². The van der Waals surface area contributed by atoms with Gasteiger partial charge in [-0.2, -0.15) is 5.10 Å². The molecular formula is C22H20ClN5O3. The second-order valence-electron chi connectivity index (χ2n) is 7.58. The Morgan fingerprint density at radius 3 is 2.61 bits per heavy atom. The van der Waals surface area contributed by atoms with E-state index in [1.165, 1.54) is 4.90 Å². The Kier molecular flexibility index (Phi) is 4.78. The van der Waals surface area contributed by atoms with Gasteiger partial charge in [0.05, 0.1) is 22.6 Å². The lowest BCUT2D eigenvalue weighted by atomic mass is 10.0. The maximum absolute atomic E-state index is 11.1. The van der Waals surface area contributed by atoms with Crippen LogP contribution in [0.25, 0.3) is 33.4 Å². The molecule has 1 aliphatic heterocycles. The van der Waals surface area contributed by atoms with Gasteiger partial charge in [0.15, 0.2) is 17.2 Å². The lowest BCUT2D eigenvalue weighted by Crippen LogP contribution is -2.38. The number of aromatic nitrogens is 3. The number of amides is 1. The average Bonchev–Trinajstić information content (AvgIpc) is 3.41. The van der Waals surface area contributed by atoms with Crippen LogP contribution >= 0.6 is 11.6 Å². The fourth-order valence-electron chi connectivity index (χ4n) is 4.08. The summed E-state index contributed by atoms with van der Waals surface area (Å²) in [5, 5.41) is 14.9. The van der Waals surface area contributed by atoms with Gasteiger partial charge >= 0.3 is 6.09 Å². The van der Waals surface area contributed by atoms with Gasteiger partial charge in [-0.05, 0) is 12.8 Å². The van der Waals surface area contributed by atoms with E-state index in [4.69, 9.17) is 26.9 Å². The number of carboxylic acid groups (broad SMARTS) is 1. The van der Waals surface area contributed by atoms with Crippen LogP contribution in [-0.4, -0.2) is 44.0 Å². The predicted octanol–water partition coefficient (Wildman–Crippen LogP) is 4.91. The summed E-state index contributed by atoms with van der Waals surface area (Å²) in [5.74, 6) is 0.822. The molecule has 4 aromatic rings. The smallest absolute Gasteiger partial charge is 0.407 e. The molecule has 0 aliphatic carbocycles. The average molecular weight is 438 g/mol. The molecule has 0 spiro atoms. The van der Waals surface area contributed by atoms with Gasteiger partial charge in [-0.1, -0.05) is 41.9 Å². The molecule has 8 nitrogen and oxygen atoms in total. The molecule has 0 saturated carbocycles. The fraction of sp³-hybridized carbons (Fsp3) is 0.227. The van der Waals surface area contributed by atoms with E-state index in [1.807, 2.05) is 41.2 Å². The summed E-state index contributed by atoms with van der Waals surface area (Å²) in [6.07, 6.45) is 5.95. The molecule has 0 unspecified atom stereocenters. The van der Waals surface area contributed by atoms with Crippen molar-refractivity contribution in [2.24, 2.45) is 0 Å². The van der Waals surface area contributed by atoms with Crippen LogP contribution in [0.1, 0.15) is 18.9 Å². The van der Waals surface area contributed by atoms with Crippen molar-refractivity contribution in [3.63, 3.8) is 0 Å². The number of hydrogen-bond donors (Lipinski definition) is 2. The molecule has 31 heavy (non-hydrogen) atoms. The molecule has 1 fully saturated rings. The number of nitrogens with zero attached hydrogens (tertiary/aromatic N) is 4. The number of piperidine rings is 1. The lowest BCUT2D eigenvalue weighted by Gasteiger charge is -2.30. The second-order valence-corrected chi connectivity index (χ2v) is 7.96. The predicted molar refractivity (Wildman–Crippen MR) is 118 cm³/mol. The number of hydrogen-bond acceptors (Lipinski definition) is 5. The summed E-state index contributed by atoms with van der Waals surface area (Å²) in [6, 6.07) is 9.75. The van der Waals surface area contributed by atoms with E-state index in [-0.39, 0.29) is 11.9 Å². The molecule has 158 valence electrons. The Bertz CT molecular complexity index is 1260. The highest BCUT2D eigenvalue weighted by molar-refractivity contribution is 6.39. The molecule has 3 N–H and O–H groups in total. The zero-order chi connectivity index (χ0) is 21.5. The number of pyridine rings is 1. The number of nitrogen functional groups attached to an aromatic ring is 1. The monoisotopic (exact) mass is 437 g/mol. The minimum atomic E-state index is -0.876. The van der Waals surface area contributed by atoms with Crippen molar-refractivity contribution < 1.29 is 14.3 Å². The third kappa shape index (κ3) is 3.38. The summed E-state index contributed by atoms with van der Waals surface area (Å²) >= 11 is 6.75. The number of likely N-dealkylation sites (tertiary alicyclic amines) is 1. The number of rotatable bonds is 3. The lowest BCUT2D eigenvalue weighted by molar-refractivity contribution is 0.124. The topological polar surface area (TPSA) is 110 Å². The number of anilines is 1. The molecule has 4 heterocycles. The van der Waals surface area contributed by atoms with Gasteiger partial charge in [-0.3, -0.25) is 4.68 Å². The minimum Gasteiger partial charge on any atom is -0.465 e. The third-order valence-corrected chi connectivity index (χ3v) is 6.10. The van der Waals surface area contributed by atoms with Gasteiger partial charge in [0.25, 0.3) is 0 Å². The number of benzene rings is 1. The van der Waals surface area contributed by atoms with E-state index in [0.717, 1.165) is 16.7 Å². The van der Waals surface area contributed by atoms with Crippen molar-refractivity contribution in [3.8, 4) is 22.5 Å². The zero-order valence-electron chi connectivity index (χ0n) is 16.5. The molecule has 1 saturated heterocycles. The van der Waals surface area contributed by atoms with E-state index >= 15 is 0 Å². The Labute approximate surface area is 182 Å². The van der Waals surface area contributed by atoms with Crippen LogP contribution in [0, 0.1) is 0 Å². The molecule has 0 atom stereocenters. The molecule has 5 rings (SSSR count). The van der Waals surface area contributed by atoms with Crippen molar-refractivity contribution in [2.45, 2.75) is 18.9 Å². The van der Waals surface area contributed by atoms with Crippen molar-refractivity contribution in [2.75, 3.05) is 18.8 Å². The second kappa shape index (κ2) is 7.63. The third-order valence-electron chi connectivity index (χ3n) is 5.74. The number of nitrogens with two attached hydrogens (primary N) is 1. The van der Waals surface area contributed by atoms with Crippen molar-refractivity contribution in [3.05, 3.63) is 53.9 Å². The molecule has 3 aromatic heterocycles. The molecule has 0 radical (unpaired) electrons. The summed E-state index contributed by atoms with van der Waals surface area (Å²) in [4.78, 5) is 16.9. The number of furan rings is 1. The van der Waals surface area contributed by atoms with Crippen molar-refractivity contribution in [1.82, 2.24) is 19.7 Å². The maximum Gasteiger partial charge on any atom is 0.407 e. The highest BCUT2D eigenvalue weighted by Gasteiger charge is 2.25. The first-order valence-electron chi connectivity index (χ1n) is 9.97. The van der Waals surface area contributed by atoms with Crippen LogP contribution in [0.15, 0.2) is 53.3 Å². The van der Waals surface area contributed by atoms with Crippen LogP contribution in [0.2, 0.25) is 5.02 Å². The van der Waals surface area contributed by atoms with Crippen LogP contribution in [-0.2, 0) is 0 Å². The van der Waals surface area contributed by atoms with Crippen LogP contribution in [0.3, 0.4) is 0 Å². The first kappa shape index (κ1) is 19.4. The Hall–Kier alpha value is -3.52. The standard InChI is InChI=1S/C22H20ClN5O3/c23-18-17-16(11-25-21(24)20(17)31-19(18)13-4-2-1-3-5-13)14-10-26-28(12-14)15-6-8-27(9-7-15)22(29)30/h1-5,10-12,15H,6-9H2,(H2,24,25)(H,29,30). The first-order valence-corrected chi connectivity index (χ1v) is 10.3. The summed E-state index contributed by atoms with van der Waals surface area (Å²) in [5.41, 5.74) is 9.02. The molecule has 9 heteroatoms. The van der Waals surface area contributed by atoms with Crippen LogP contribution in [0.5, 0.6) is 0 Å². The first-order chi connectivity index (χ1) is 15.0. The van der Waals surface area contributed by atoms with Gasteiger partial charge in [0, 0.05) is 42.2 Å². The van der Waals surface area contributed by atoms with Crippen molar-refractivity contribution >= 4 is 34.5 Å². The van der Waals surface area contributed by atoms with Gasteiger partial charge in [-0.15, -0.1) is 0 Å². The summed E-state index contributed by atoms with van der Waals surface area (Å²) in [6.45, 7) is 0.994. The quantitative estimate of drug-likeness (QED) is 0.471. The zero-order valence-corrected chi connectivity index (χ0v) is 17.3. The van der Waals surface area contributed by atoms with E-state index in [9.17, 15) is 4.79 Å². The van der Waals surface area contributed by atoms with Gasteiger partial charge < -0.3 is 20.2 Å². The van der Waals surface area contributed by atoms with Crippen LogP contribution in [0.4, 0.5) is 10.6 Å². The highest BCUT2D eigenvalue weighted by atomic mass is 35.5. The number of fused-ring (bicyclic) bond motifs is 1. The normalized spacial score (nSPS) is 14.9. The van der Waals surface area contributed by atoms with E-state index in [0.29, 0.717) is 47.7 Å². The van der Waals surface area contributed by atoms with Gasteiger partial charge in [0.1, 0.15) is 0 Å². The Morgan fingerprint density at radius 1 is 1.16 bits per heavy atom. The Morgan fingerprint density at radius 2 is 1.90 bits per heavy atom. The van der Waals surface area contributed by atoms with E-state index < -0.39 is 6.09 Å². The van der Waals surface area contributed by atoms with E-state index in [2.05, 4.69) is 10.1 Å². The summed E-state index contributed by atoms with van der Waals surface area (Å²) in [7, 11) is 0. The molecule has 1 aliphatic rings. The van der Waals surface area contributed by atoms with Crippen LogP contribution < -0.4 is 5.73 Å². The minimum absolute atomic E-state index is 0.140. The molecule has 0 bridgehead atoms. The molecule has 1 aromatic carbocycles. The van der Waals surface area contributed by atoms with E-state index in [1.54, 1.807) is 12.4 Å². The highest BCUT2D eigenvalue weighted by Crippen LogP contribution is 2.43. The maximum atomic E-state index is 11.1. The number of halogens is 1. The largest absolute Gasteiger partial charge is 0.465 e. The SMILES string of the molecule is Nc1ncc(-c2cnn(C3CCN(C(=O)O)CC3)c2)c2c(Cl)c(-c3ccccc3)oc12. The van der Waals surface area contributed by atoms with Crippen molar-refractivity contribution in [1.29, 1.82) is 0 Å². The molecular weight excluding hydrogens is 418 g/mol. The molecule has 1 amide bonds. The Balaban J connectivity index is 1.52. The number of carbonyl (C=O) groups is 1. The van der Waals surface area contributed by atoms with Gasteiger partial charge in [-0.25, -0.2) is 9.78 Å². The fourth-order valence-corrected chi connectivity index (χ4v) is 4.42. The summed E-state index contributed by atoms with van der Waals surface area (Å²) < 4.78 is 7.92.